The van der Waals surface area contributed by atoms with Crippen LogP contribution < -0.4 is 10.6 Å². The van der Waals surface area contributed by atoms with Gasteiger partial charge in [0.25, 0.3) is 0 Å². The first-order valence-electron chi connectivity index (χ1n) is 8.90. The minimum absolute atomic E-state index is 0.0876. The number of hydrogen-bond donors (Lipinski definition) is 2. The Morgan fingerprint density at radius 2 is 1.67 bits per heavy atom. The number of carbonyl (C=O) groups excluding carboxylic acids is 2. The van der Waals surface area contributed by atoms with E-state index in [1.54, 1.807) is 0 Å². The van der Waals surface area contributed by atoms with Crippen molar-refractivity contribution in [2.75, 3.05) is 5.32 Å². The summed E-state index contributed by atoms with van der Waals surface area (Å²) < 4.78 is 0. The molecule has 0 unspecified atom stereocenters. The fraction of sp³-hybridized carbons (Fsp3) is 0.500. The van der Waals surface area contributed by atoms with Crippen LogP contribution >= 0.6 is 0 Å². The van der Waals surface area contributed by atoms with Crippen LogP contribution in [-0.4, -0.2) is 17.7 Å². The van der Waals surface area contributed by atoms with E-state index in [1.165, 1.54) is 5.56 Å². The fourth-order valence-corrected chi connectivity index (χ4v) is 3.59. The molecular formula is C20H26N2O2. The van der Waals surface area contributed by atoms with Crippen LogP contribution in [0.15, 0.2) is 35.5 Å². The minimum atomic E-state index is 0.0876. The van der Waals surface area contributed by atoms with E-state index < -0.39 is 0 Å². The molecule has 1 saturated carbocycles. The topological polar surface area (TPSA) is 58.2 Å². The quantitative estimate of drug-likeness (QED) is 0.886. The third-order valence-electron chi connectivity index (χ3n) is 5.27. The van der Waals surface area contributed by atoms with E-state index in [2.05, 4.69) is 10.6 Å². The van der Waals surface area contributed by atoms with Crippen molar-refractivity contribution in [3.63, 3.8) is 0 Å². The van der Waals surface area contributed by atoms with E-state index in [1.807, 2.05) is 38.1 Å². The lowest BCUT2D eigenvalue weighted by molar-refractivity contribution is -0.120. The molecular weight excluding hydrogens is 300 g/mol. The Labute approximate surface area is 143 Å². The number of Topliss-reactive ketones (excluding diaryl/α,β-unsaturated/α-hetero) is 1. The minimum Gasteiger partial charge on any atom is -0.385 e. The summed E-state index contributed by atoms with van der Waals surface area (Å²) in [5.74, 6) is 0.483. The molecule has 0 bridgehead atoms. The third-order valence-corrected chi connectivity index (χ3v) is 5.27. The molecule has 0 atom stereocenters. The maximum Gasteiger partial charge on any atom is 0.227 e. The number of allylic oxidation sites excluding steroid dienone is 2. The molecule has 128 valence electrons. The molecule has 0 heterocycles. The lowest BCUT2D eigenvalue weighted by atomic mass is 9.85. The lowest BCUT2D eigenvalue weighted by Crippen LogP contribution is -2.36. The first-order valence-corrected chi connectivity index (χ1v) is 8.90. The molecule has 2 aliphatic carbocycles. The summed E-state index contributed by atoms with van der Waals surface area (Å²) in [4.78, 5) is 24.0. The second kappa shape index (κ2) is 7.20. The number of nitrogens with one attached hydrogen (secondary N) is 2. The van der Waals surface area contributed by atoms with Gasteiger partial charge in [0, 0.05) is 35.3 Å². The highest BCUT2D eigenvalue weighted by molar-refractivity contribution is 5.98. The van der Waals surface area contributed by atoms with Crippen LogP contribution in [0.25, 0.3) is 0 Å². The number of anilines is 1. The standard InChI is InChI=1S/C20H26N2O2/c1-13-3-7-17(8-4-13)22-20(24)15-5-9-16(10-6-15)21-18-11-12-19(23)14(18)2/h3-4,7-8,15-16,21H,5-6,9-12H2,1-2H3,(H,22,24)/t15-,16-. The van der Waals surface area contributed by atoms with Gasteiger partial charge in [-0.2, -0.15) is 0 Å². The Kier molecular flexibility index (Phi) is 5.03. The van der Waals surface area contributed by atoms with Crippen molar-refractivity contribution in [1.29, 1.82) is 0 Å². The summed E-state index contributed by atoms with van der Waals surface area (Å²) in [6.07, 6.45) is 5.25. The molecule has 2 aliphatic rings. The molecule has 2 N–H and O–H groups in total. The molecule has 0 saturated heterocycles. The van der Waals surface area contributed by atoms with Crippen LogP contribution in [0, 0.1) is 12.8 Å². The van der Waals surface area contributed by atoms with Gasteiger partial charge < -0.3 is 10.6 Å². The molecule has 1 aromatic carbocycles. The van der Waals surface area contributed by atoms with E-state index in [-0.39, 0.29) is 17.6 Å². The molecule has 0 spiro atoms. The van der Waals surface area contributed by atoms with Gasteiger partial charge in [-0.05, 0) is 58.1 Å². The Bertz CT molecular complexity index is 653. The van der Waals surface area contributed by atoms with Crippen LogP contribution in [-0.2, 0) is 9.59 Å². The van der Waals surface area contributed by atoms with Crippen molar-refractivity contribution in [2.45, 2.75) is 58.4 Å². The van der Waals surface area contributed by atoms with Gasteiger partial charge in [-0.25, -0.2) is 0 Å². The number of amides is 1. The van der Waals surface area contributed by atoms with Gasteiger partial charge in [0.05, 0.1) is 0 Å². The van der Waals surface area contributed by atoms with Gasteiger partial charge in [0.15, 0.2) is 5.78 Å². The second-order valence-corrected chi connectivity index (χ2v) is 7.07. The van der Waals surface area contributed by atoms with E-state index in [0.717, 1.165) is 49.1 Å². The normalized spacial score (nSPS) is 24.2. The average molecular weight is 326 g/mol. The smallest absolute Gasteiger partial charge is 0.227 e. The zero-order valence-electron chi connectivity index (χ0n) is 14.5. The fourth-order valence-electron chi connectivity index (χ4n) is 3.59. The highest BCUT2D eigenvalue weighted by Gasteiger charge is 2.28. The van der Waals surface area contributed by atoms with Crippen molar-refractivity contribution in [1.82, 2.24) is 5.32 Å². The van der Waals surface area contributed by atoms with Gasteiger partial charge in [-0.3, -0.25) is 9.59 Å². The van der Waals surface area contributed by atoms with Crippen molar-refractivity contribution in [3.05, 3.63) is 41.1 Å². The van der Waals surface area contributed by atoms with Crippen molar-refractivity contribution < 1.29 is 9.59 Å². The lowest BCUT2D eigenvalue weighted by Gasteiger charge is -2.29. The second-order valence-electron chi connectivity index (χ2n) is 7.07. The van der Waals surface area contributed by atoms with Crippen LogP contribution in [0.3, 0.4) is 0 Å². The number of benzene rings is 1. The zero-order valence-corrected chi connectivity index (χ0v) is 14.5. The largest absolute Gasteiger partial charge is 0.385 e. The average Bonchev–Trinajstić information content (AvgIpc) is 2.90. The highest BCUT2D eigenvalue weighted by Crippen LogP contribution is 2.28. The van der Waals surface area contributed by atoms with Gasteiger partial charge in [-0.1, -0.05) is 17.7 Å². The van der Waals surface area contributed by atoms with Gasteiger partial charge in [0.2, 0.25) is 5.91 Å². The van der Waals surface area contributed by atoms with Crippen LogP contribution in [0.2, 0.25) is 0 Å². The number of carbonyl (C=O) groups is 2. The van der Waals surface area contributed by atoms with Crippen LogP contribution in [0.4, 0.5) is 5.69 Å². The Balaban J connectivity index is 1.49. The monoisotopic (exact) mass is 326 g/mol. The predicted octanol–water partition coefficient (Wildman–Crippen LogP) is 3.72. The van der Waals surface area contributed by atoms with Gasteiger partial charge >= 0.3 is 0 Å². The van der Waals surface area contributed by atoms with Crippen LogP contribution in [0.5, 0.6) is 0 Å². The molecule has 1 fully saturated rings. The number of hydrogen-bond acceptors (Lipinski definition) is 3. The number of aryl methyl sites for hydroxylation is 1. The van der Waals surface area contributed by atoms with Crippen molar-refractivity contribution in [2.24, 2.45) is 5.92 Å². The molecule has 24 heavy (non-hydrogen) atoms. The summed E-state index contributed by atoms with van der Waals surface area (Å²) in [7, 11) is 0. The number of ketones is 1. The summed E-state index contributed by atoms with van der Waals surface area (Å²) in [5, 5.41) is 6.57. The van der Waals surface area contributed by atoms with Gasteiger partial charge in [-0.15, -0.1) is 0 Å². The van der Waals surface area contributed by atoms with Crippen molar-refractivity contribution >= 4 is 17.4 Å². The van der Waals surface area contributed by atoms with Crippen LogP contribution in [0.1, 0.15) is 51.0 Å². The summed E-state index contributed by atoms with van der Waals surface area (Å²) >= 11 is 0. The summed E-state index contributed by atoms with van der Waals surface area (Å²) in [5.41, 5.74) is 4.08. The zero-order chi connectivity index (χ0) is 17.1. The Morgan fingerprint density at radius 3 is 2.25 bits per heavy atom. The maximum absolute atomic E-state index is 12.4. The van der Waals surface area contributed by atoms with Gasteiger partial charge in [0.1, 0.15) is 0 Å². The molecule has 0 aromatic heterocycles. The Morgan fingerprint density at radius 1 is 1.00 bits per heavy atom. The molecule has 1 aromatic rings. The SMILES string of the molecule is CC1=C(N[C@H]2CC[C@H](C(=O)Nc3ccc(C)cc3)CC2)CCC1=O. The summed E-state index contributed by atoms with van der Waals surface area (Å²) in [6, 6.07) is 8.31. The number of rotatable bonds is 4. The van der Waals surface area contributed by atoms with E-state index in [0.29, 0.717) is 12.5 Å². The highest BCUT2D eigenvalue weighted by atomic mass is 16.2. The Hall–Kier alpha value is -2.10. The molecule has 4 heteroatoms. The summed E-state index contributed by atoms with van der Waals surface area (Å²) in [6.45, 7) is 3.95. The molecule has 4 nitrogen and oxygen atoms in total. The molecule has 0 radical (unpaired) electrons. The first kappa shape index (κ1) is 16.7. The van der Waals surface area contributed by atoms with Crippen molar-refractivity contribution in [3.8, 4) is 0 Å². The predicted molar refractivity (Wildman–Crippen MR) is 95.6 cm³/mol. The third kappa shape index (κ3) is 3.86. The molecule has 3 rings (SSSR count). The maximum atomic E-state index is 12.4. The van der Waals surface area contributed by atoms with E-state index in [4.69, 9.17) is 0 Å². The molecule has 0 aliphatic heterocycles. The first-order chi connectivity index (χ1) is 11.5. The van der Waals surface area contributed by atoms with E-state index in [9.17, 15) is 9.59 Å². The van der Waals surface area contributed by atoms with E-state index >= 15 is 0 Å². The molecule has 1 amide bonds.